The monoisotopic (exact) mass is 482 g/mol. The lowest BCUT2D eigenvalue weighted by molar-refractivity contribution is -0.129. The molecule has 2 atom stereocenters. The topological polar surface area (TPSA) is 75.2 Å². The number of aliphatic imine (C=N–C) groups is 1. The van der Waals surface area contributed by atoms with Crippen LogP contribution >= 0.6 is 24.0 Å². The second kappa shape index (κ2) is 13.5. The van der Waals surface area contributed by atoms with E-state index >= 15 is 0 Å². The normalized spacial score (nSPS) is 23.0. The molecule has 2 N–H and O–H groups in total. The lowest BCUT2D eigenvalue weighted by atomic mass is 10.2. The van der Waals surface area contributed by atoms with Gasteiger partial charge in [0.1, 0.15) is 0 Å². The molecule has 0 saturated carbocycles. The predicted octanol–water partition coefficient (Wildman–Crippen LogP) is 1.76. The van der Waals surface area contributed by atoms with Gasteiger partial charge in [-0.25, -0.2) is 0 Å². The van der Waals surface area contributed by atoms with Gasteiger partial charge in [-0.15, -0.1) is 24.0 Å². The molecule has 0 aromatic carbocycles. The van der Waals surface area contributed by atoms with E-state index in [0.717, 1.165) is 64.4 Å². The number of rotatable bonds is 9. The fraction of sp³-hybridized carbons (Fsp3) is 0.889. The van der Waals surface area contributed by atoms with Crippen molar-refractivity contribution in [2.45, 2.75) is 58.1 Å². The Labute approximate surface area is 174 Å². The molecular formula is C18H35IN4O3. The number of hydrogen-bond acceptors (Lipinski definition) is 4. The quantitative estimate of drug-likeness (QED) is 0.227. The van der Waals surface area contributed by atoms with Crippen LogP contribution in [0.4, 0.5) is 0 Å². The first kappa shape index (κ1) is 23.4. The number of amides is 1. The van der Waals surface area contributed by atoms with Gasteiger partial charge < -0.3 is 25.0 Å². The third-order valence-corrected chi connectivity index (χ3v) is 4.57. The van der Waals surface area contributed by atoms with Crippen molar-refractivity contribution in [2.24, 2.45) is 4.99 Å². The van der Waals surface area contributed by atoms with E-state index in [1.54, 1.807) is 0 Å². The van der Waals surface area contributed by atoms with Crippen molar-refractivity contribution in [1.82, 2.24) is 15.5 Å². The van der Waals surface area contributed by atoms with Crippen LogP contribution in [-0.2, 0) is 14.3 Å². The highest BCUT2D eigenvalue weighted by Gasteiger charge is 2.25. The van der Waals surface area contributed by atoms with Crippen LogP contribution < -0.4 is 10.6 Å². The summed E-state index contributed by atoms with van der Waals surface area (Å²) in [6, 6.07) is 0.282. The van der Waals surface area contributed by atoms with E-state index in [-0.39, 0.29) is 35.9 Å². The summed E-state index contributed by atoms with van der Waals surface area (Å²) in [5, 5.41) is 6.72. The van der Waals surface area contributed by atoms with Crippen LogP contribution in [0.1, 0.15) is 46.0 Å². The fourth-order valence-electron chi connectivity index (χ4n) is 3.19. The number of likely N-dealkylation sites (tertiary alicyclic amines) is 1. The van der Waals surface area contributed by atoms with E-state index < -0.39 is 0 Å². The maximum atomic E-state index is 11.8. The SMILES string of the molecule is CCNC(=NCCCOCC1CCCO1)NC1CCN(C(=O)CC)C1.I. The second-order valence-corrected chi connectivity index (χ2v) is 6.65. The number of carbonyl (C=O) groups excluding carboxylic acids is 1. The molecule has 2 heterocycles. The number of nitrogens with one attached hydrogen (secondary N) is 2. The van der Waals surface area contributed by atoms with Crippen molar-refractivity contribution in [1.29, 1.82) is 0 Å². The van der Waals surface area contributed by atoms with Crippen LogP contribution in [0.5, 0.6) is 0 Å². The Morgan fingerprint density at radius 1 is 1.35 bits per heavy atom. The summed E-state index contributed by atoms with van der Waals surface area (Å²) in [5.74, 6) is 1.06. The Hall–Kier alpha value is -0.610. The standard InChI is InChI=1S/C18H34N4O3.HI/c1-3-17(23)22-10-8-15(13-22)21-18(19-4-2)20-9-6-11-24-14-16-7-5-12-25-16;/h15-16H,3-14H2,1-2H3,(H2,19,20,21);1H. The molecule has 152 valence electrons. The van der Waals surface area contributed by atoms with E-state index in [9.17, 15) is 4.79 Å². The highest BCUT2D eigenvalue weighted by Crippen LogP contribution is 2.12. The van der Waals surface area contributed by atoms with Crippen LogP contribution in [0.25, 0.3) is 0 Å². The molecule has 0 aromatic heterocycles. The number of halogens is 1. The Morgan fingerprint density at radius 2 is 2.19 bits per heavy atom. The van der Waals surface area contributed by atoms with Gasteiger partial charge in [0.05, 0.1) is 12.7 Å². The van der Waals surface area contributed by atoms with Crippen molar-refractivity contribution < 1.29 is 14.3 Å². The molecule has 2 fully saturated rings. The van der Waals surface area contributed by atoms with Crippen LogP contribution in [-0.4, -0.2) is 74.9 Å². The summed E-state index contributed by atoms with van der Waals surface area (Å²) >= 11 is 0. The maximum absolute atomic E-state index is 11.8. The molecular weight excluding hydrogens is 447 g/mol. The number of ether oxygens (including phenoxy) is 2. The largest absolute Gasteiger partial charge is 0.379 e. The highest BCUT2D eigenvalue weighted by atomic mass is 127. The molecule has 0 spiro atoms. The molecule has 26 heavy (non-hydrogen) atoms. The second-order valence-electron chi connectivity index (χ2n) is 6.65. The van der Waals surface area contributed by atoms with E-state index in [2.05, 4.69) is 22.5 Å². The zero-order chi connectivity index (χ0) is 17.9. The third kappa shape index (κ3) is 8.39. The summed E-state index contributed by atoms with van der Waals surface area (Å²) in [6.07, 6.45) is 5.00. The predicted molar refractivity (Wildman–Crippen MR) is 114 cm³/mol. The van der Waals surface area contributed by atoms with Crippen molar-refractivity contribution in [2.75, 3.05) is 46.0 Å². The van der Waals surface area contributed by atoms with Gasteiger partial charge in [-0.2, -0.15) is 0 Å². The van der Waals surface area contributed by atoms with Gasteiger partial charge in [0, 0.05) is 51.9 Å². The Bertz CT molecular complexity index is 431. The lowest BCUT2D eigenvalue weighted by Crippen LogP contribution is -2.45. The van der Waals surface area contributed by atoms with Gasteiger partial charge in [0.25, 0.3) is 0 Å². The maximum Gasteiger partial charge on any atom is 0.222 e. The summed E-state index contributed by atoms with van der Waals surface area (Å²) < 4.78 is 11.2. The average molecular weight is 482 g/mol. The molecule has 1 amide bonds. The molecule has 2 aliphatic heterocycles. The minimum Gasteiger partial charge on any atom is -0.379 e. The molecule has 2 unspecified atom stereocenters. The van der Waals surface area contributed by atoms with Gasteiger partial charge >= 0.3 is 0 Å². The zero-order valence-corrected chi connectivity index (χ0v) is 18.5. The molecule has 2 rings (SSSR count). The molecule has 0 radical (unpaired) electrons. The molecule has 0 aromatic rings. The zero-order valence-electron chi connectivity index (χ0n) is 16.2. The molecule has 0 aliphatic carbocycles. The van der Waals surface area contributed by atoms with Crippen molar-refractivity contribution >= 4 is 35.8 Å². The lowest BCUT2D eigenvalue weighted by Gasteiger charge is -2.18. The smallest absolute Gasteiger partial charge is 0.222 e. The summed E-state index contributed by atoms with van der Waals surface area (Å²) in [7, 11) is 0. The van der Waals surface area contributed by atoms with Crippen LogP contribution in [0.15, 0.2) is 4.99 Å². The third-order valence-electron chi connectivity index (χ3n) is 4.57. The molecule has 2 saturated heterocycles. The Balaban J connectivity index is 0.00000338. The van der Waals surface area contributed by atoms with Gasteiger partial charge in [0.2, 0.25) is 5.91 Å². The molecule has 0 bridgehead atoms. The Morgan fingerprint density at radius 3 is 2.88 bits per heavy atom. The van der Waals surface area contributed by atoms with Crippen molar-refractivity contribution in [3.05, 3.63) is 0 Å². The molecule has 2 aliphatic rings. The van der Waals surface area contributed by atoms with E-state index in [1.807, 2.05) is 11.8 Å². The van der Waals surface area contributed by atoms with Crippen molar-refractivity contribution in [3.63, 3.8) is 0 Å². The first-order valence-electron chi connectivity index (χ1n) is 9.74. The van der Waals surface area contributed by atoms with Crippen LogP contribution in [0.2, 0.25) is 0 Å². The van der Waals surface area contributed by atoms with E-state index in [4.69, 9.17) is 9.47 Å². The Kier molecular flexibility index (Phi) is 12.2. The minimum atomic E-state index is 0. The molecule has 8 heteroatoms. The number of nitrogens with zero attached hydrogens (tertiary/aromatic N) is 2. The van der Waals surface area contributed by atoms with E-state index in [0.29, 0.717) is 25.7 Å². The number of hydrogen-bond donors (Lipinski definition) is 2. The summed E-state index contributed by atoms with van der Waals surface area (Å²) in [5.41, 5.74) is 0. The van der Waals surface area contributed by atoms with Gasteiger partial charge in [-0.3, -0.25) is 9.79 Å². The fourth-order valence-corrected chi connectivity index (χ4v) is 3.19. The first-order valence-corrected chi connectivity index (χ1v) is 9.74. The highest BCUT2D eigenvalue weighted by molar-refractivity contribution is 14.0. The van der Waals surface area contributed by atoms with Gasteiger partial charge in [0.15, 0.2) is 5.96 Å². The van der Waals surface area contributed by atoms with Crippen LogP contribution in [0.3, 0.4) is 0 Å². The number of carbonyl (C=O) groups is 1. The van der Waals surface area contributed by atoms with Crippen LogP contribution in [0, 0.1) is 0 Å². The average Bonchev–Trinajstić information content (AvgIpc) is 3.29. The number of guanidine groups is 1. The van der Waals surface area contributed by atoms with Gasteiger partial charge in [-0.1, -0.05) is 6.92 Å². The van der Waals surface area contributed by atoms with Crippen molar-refractivity contribution in [3.8, 4) is 0 Å². The van der Waals surface area contributed by atoms with Gasteiger partial charge in [-0.05, 0) is 32.6 Å². The first-order chi connectivity index (χ1) is 12.2. The molecule has 7 nitrogen and oxygen atoms in total. The minimum absolute atomic E-state index is 0. The summed E-state index contributed by atoms with van der Waals surface area (Å²) in [4.78, 5) is 18.3. The van der Waals surface area contributed by atoms with E-state index in [1.165, 1.54) is 0 Å². The summed E-state index contributed by atoms with van der Waals surface area (Å²) in [6.45, 7) is 9.41.